The number of hydrogen-bond acceptors (Lipinski definition) is 3. The van der Waals surface area contributed by atoms with E-state index in [4.69, 9.17) is 4.74 Å². The zero-order valence-electron chi connectivity index (χ0n) is 13.6. The third-order valence-electron chi connectivity index (χ3n) is 3.60. The van der Waals surface area contributed by atoms with Crippen molar-refractivity contribution in [2.24, 2.45) is 11.8 Å². The Bertz CT molecular complexity index is 301. The first-order valence-corrected chi connectivity index (χ1v) is 8.00. The molecule has 0 heterocycles. The molecule has 0 aromatic carbocycles. The van der Waals surface area contributed by atoms with E-state index in [9.17, 15) is 9.59 Å². The highest BCUT2D eigenvalue weighted by Crippen LogP contribution is 2.15. The lowest BCUT2D eigenvalue weighted by atomic mass is 10.0. The van der Waals surface area contributed by atoms with E-state index in [0.717, 1.165) is 51.4 Å². The summed E-state index contributed by atoms with van der Waals surface area (Å²) in [6, 6.07) is 0. The van der Waals surface area contributed by atoms with E-state index in [0.29, 0.717) is 0 Å². The van der Waals surface area contributed by atoms with Crippen LogP contribution in [0.5, 0.6) is 0 Å². The summed E-state index contributed by atoms with van der Waals surface area (Å²) in [5, 5.41) is 0. The van der Waals surface area contributed by atoms with Crippen LogP contribution in [0.1, 0.15) is 65.2 Å². The first kappa shape index (κ1) is 19.6. The molecule has 0 aliphatic rings. The van der Waals surface area contributed by atoms with Crippen LogP contribution in [-0.4, -0.2) is 11.9 Å². The average molecular weight is 294 g/mol. The van der Waals surface area contributed by atoms with Crippen LogP contribution in [0, 0.1) is 11.8 Å². The van der Waals surface area contributed by atoms with Gasteiger partial charge in [-0.3, -0.25) is 9.59 Å². The monoisotopic (exact) mass is 294 g/mol. The van der Waals surface area contributed by atoms with Crippen LogP contribution in [0.3, 0.4) is 0 Å². The second-order valence-corrected chi connectivity index (χ2v) is 5.69. The van der Waals surface area contributed by atoms with Crippen LogP contribution >= 0.6 is 0 Å². The van der Waals surface area contributed by atoms with E-state index in [1.165, 1.54) is 0 Å². The second kappa shape index (κ2) is 12.4. The quantitative estimate of drug-likeness (QED) is 0.224. The number of ether oxygens (including phenoxy) is 1. The summed E-state index contributed by atoms with van der Waals surface area (Å²) in [4.78, 5) is 23.6. The number of carbonyl (C=O) groups is 2. The summed E-state index contributed by atoms with van der Waals surface area (Å²) in [6.45, 7) is 11.0. The van der Waals surface area contributed by atoms with E-state index in [2.05, 4.69) is 13.2 Å². The number of hydrogen-bond donors (Lipinski definition) is 0. The van der Waals surface area contributed by atoms with Crippen LogP contribution in [0.4, 0.5) is 0 Å². The molecule has 2 atom stereocenters. The van der Waals surface area contributed by atoms with Gasteiger partial charge in [-0.25, -0.2) is 0 Å². The molecule has 2 unspecified atom stereocenters. The fraction of sp³-hybridized carbons (Fsp3) is 0.667. The summed E-state index contributed by atoms with van der Waals surface area (Å²) in [6.07, 6.45) is 11.1. The number of carbonyl (C=O) groups excluding carboxylic acids is 2. The maximum atomic E-state index is 11.8. The van der Waals surface area contributed by atoms with E-state index in [1.807, 2.05) is 26.0 Å². The second-order valence-electron chi connectivity index (χ2n) is 5.69. The molecule has 0 rings (SSSR count). The molecular weight excluding hydrogens is 264 g/mol. The highest BCUT2D eigenvalue weighted by Gasteiger charge is 2.21. The Balaban J connectivity index is 3.92. The van der Waals surface area contributed by atoms with E-state index >= 15 is 0 Å². The minimum atomic E-state index is -0.392. The molecule has 3 nitrogen and oxygen atoms in total. The van der Waals surface area contributed by atoms with Crippen LogP contribution in [-0.2, 0) is 14.3 Å². The van der Waals surface area contributed by atoms with Gasteiger partial charge in [-0.1, -0.05) is 38.8 Å². The lowest BCUT2D eigenvalue weighted by Gasteiger charge is -2.13. The number of rotatable bonds is 12. The molecule has 0 aromatic heterocycles. The fourth-order valence-corrected chi connectivity index (χ4v) is 2.01. The highest BCUT2D eigenvalue weighted by molar-refractivity contribution is 5.87. The zero-order valence-corrected chi connectivity index (χ0v) is 13.6. The minimum absolute atomic E-state index is 0.216. The van der Waals surface area contributed by atoms with E-state index < -0.39 is 11.9 Å². The molecule has 0 fully saturated rings. The Hall–Kier alpha value is -1.38. The molecule has 0 amide bonds. The third kappa shape index (κ3) is 10.1. The number of allylic oxidation sites excluding steroid dienone is 2. The Labute approximate surface area is 129 Å². The molecule has 3 heteroatoms. The smallest absolute Gasteiger partial charge is 0.316 e. The molecule has 0 aliphatic heterocycles. The van der Waals surface area contributed by atoms with Gasteiger partial charge in [-0.05, 0) is 38.5 Å². The predicted octanol–water partition coefficient (Wildman–Crippen LogP) is 4.82. The summed E-state index contributed by atoms with van der Waals surface area (Å²) in [7, 11) is 0. The fourth-order valence-electron chi connectivity index (χ4n) is 2.01. The molecule has 0 N–H and O–H groups in total. The molecule has 0 saturated carbocycles. The molecule has 120 valence electrons. The SMILES string of the molecule is C=CCCCCC(C)C(=O)OC(=O)C(C)CCCCC=C. The molecule has 0 saturated heterocycles. The molecule has 0 radical (unpaired) electrons. The first-order chi connectivity index (χ1) is 10.0. The van der Waals surface area contributed by atoms with Crippen molar-refractivity contribution in [3.8, 4) is 0 Å². The Morgan fingerprint density at radius 1 is 0.857 bits per heavy atom. The summed E-state index contributed by atoms with van der Waals surface area (Å²) in [5.41, 5.74) is 0. The minimum Gasteiger partial charge on any atom is -0.393 e. The summed E-state index contributed by atoms with van der Waals surface area (Å²) in [5.74, 6) is -1.22. The molecule has 21 heavy (non-hydrogen) atoms. The zero-order chi connectivity index (χ0) is 16.1. The Morgan fingerprint density at radius 3 is 1.57 bits per heavy atom. The van der Waals surface area contributed by atoms with Crippen molar-refractivity contribution in [3.63, 3.8) is 0 Å². The molecule has 0 aromatic rings. The van der Waals surface area contributed by atoms with E-state index in [-0.39, 0.29) is 11.8 Å². The van der Waals surface area contributed by atoms with Gasteiger partial charge in [-0.15, -0.1) is 13.2 Å². The van der Waals surface area contributed by atoms with Gasteiger partial charge in [0.2, 0.25) is 0 Å². The van der Waals surface area contributed by atoms with Crippen molar-refractivity contribution in [2.75, 3.05) is 0 Å². The van der Waals surface area contributed by atoms with Crippen LogP contribution in [0.25, 0.3) is 0 Å². The standard InChI is InChI=1S/C18H30O3/c1-5-7-9-11-13-15(3)17(19)21-18(20)16(4)14-12-10-8-6-2/h5-6,15-16H,1-2,7-14H2,3-4H3. The number of unbranched alkanes of at least 4 members (excludes halogenated alkanes) is 4. The van der Waals surface area contributed by atoms with Crippen molar-refractivity contribution in [1.29, 1.82) is 0 Å². The lowest BCUT2D eigenvalue weighted by molar-refractivity contribution is -0.165. The van der Waals surface area contributed by atoms with Gasteiger partial charge in [0.1, 0.15) is 0 Å². The van der Waals surface area contributed by atoms with Gasteiger partial charge in [0.25, 0.3) is 0 Å². The van der Waals surface area contributed by atoms with Gasteiger partial charge in [0.05, 0.1) is 11.8 Å². The van der Waals surface area contributed by atoms with E-state index in [1.54, 1.807) is 0 Å². The lowest BCUT2D eigenvalue weighted by Crippen LogP contribution is -2.23. The number of esters is 2. The van der Waals surface area contributed by atoms with Crippen molar-refractivity contribution in [3.05, 3.63) is 25.3 Å². The largest absolute Gasteiger partial charge is 0.393 e. The van der Waals surface area contributed by atoms with Gasteiger partial charge in [0.15, 0.2) is 0 Å². The van der Waals surface area contributed by atoms with Gasteiger partial charge in [-0.2, -0.15) is 0 Å². The Kier molecular flexibility index (Phi) is 11.6. The molecular formula is C18H30O3. The van der Waals surface area contributed by atoms with Crippen LogP contribution < -0.4 is 0 Å². The van der Waals surface area contributed by atoms with Crippen molar-refractivity contribution in [2.45, 2.75) is 65.2 Å². The first-order valence-electron chi connectivity index (χ1n) is 8.00. The molecule has 0 aliphatic carbocycles. The van der Waals surface area contributed by atoms with Crippen molar-refractivity contribution in [1.82, 2.24) is 0 Å². The van der Waals surface area contributed by atoms with Gasteiger partial charge in [0, 0.05) is 0 Å². The maximum absolute atomic E-state index is 11.8. The third-order valence-corrected chi connectivity index (χ3v) is 3.60. The molecule has 0 bridgehead atoms. The topological polar surface area (TPSA) is 43.4 Å². The van der Waals surface area contributed by atoms with Gasteiger partial charge >= 0.3 is 11.9 Å². The predicted molar refractivity (Wildman–Crippen MR) is 86.8 cm³/mol. The van der Waals surface area contributed by atoms with Crippen molar-refractivity contribution < 1.29 is 14.3 Å². The molecule has 0 spiro atoms. The van der Waals surface area contributed by atoms with Crippen LogP contribution in [0.15, 0.2) is 25.3 Å². The van der Waals surface area contributed by atoms with Gasteiger partial charge < -0.3 is 4.74 Å². The normalized spacial score (nSPS) is 13.2. The summed E-state index contributed by atoms with van der Waals surface area (Å²) < 4.78 is 4.97. The Morgan fingerprint density at radius 2 is 1.24 bits per heavy atom. The average Bonchev–Trinajstić information content (AvgIpc) is 2.47. The van der Waals surface area contributed by atoms with Crippen LogP contribution in [0.2, 0.25) is 0 Å². The highest BCUT2D eigenvalue weighted by atomic mass is 16.6. The van der Waals surface area contributed by atoms with Crippen molar-refractivity contribution >= 4 is 11.9 Å². The summed E-state index contributed by atoms with van der Waals surface area (Å²) >= 11 is 0. The maximum Gasteiger partial charge on any atom is 0.316 e.